The molecular formula is C21H14F4N2S. The van der Waals surface area contributed by atoms with Gasteiger partial charge in [0, 0.05) is 11.3 Å². The third-order valence-corrected chi connectivity index (χ3v) is 5.10. The number of thioether (sulfide) groups is 1. The first-order valence-corrected chi connectivity index (χ1v) is 9.23. The van der Waals surface area contributed by atoms with Crippen molar-refractivity contribution in [1.82, 2.24) is 4.98 Å². The third-order valence-electron chi connectivity index (χ3n) is 4.07. The maximum Gasteiger partial charge on any atom is 0.417 e. The predicted molar refractivity (Wildman–Crippen MR) is 100 cm³/mol. The number of hydrogen-bond acceptors (Lipinski definition) is 3. The van der Waals surface area contributed by atoms with Gasteiger partial charge in [-0.1, -0.05) is 48.0 Å². The molecule has 0 radical (unpaired) electrons. The van der Waals surface area contributed by atoms with Gasteiger partial charge in [-0.3, -0.25) is 0 Å². The standard InChI is InChI=1S/C21H14F4N2S/c1-13-6-8-14(9-7-13)19-10-17(21(23,24)25)16(11-26)20(27-19)28-12-15-4-2-3-5-18(15)22/h2-10H,12H2,1H3. The first-order chi connectivity index (χ1) is 13.3. The molecule has 0 N–H and O–H groups in total. The van der Waals surface area contributed by atoms with Crippen molar-refractivity contribution in [1.29, 1.82) is 5.26 Å². The average molecular weight is 402 g/mol. The summed E-state index contributed by atoms with van der Waals surface area (Å²) in [6.45, 7) is 1.87. The van der Waals surface area contributed by atoms with Crippen LogP contribution < -0.4 is 0 Å². The largest absolute Gasteiger partial charge is 0.417 e. The van der Waals surface area contributed by atoms with E-state index in [0.717, 1.165) is 23.4 Å². The second kappa shape index (κ2) is 8.03. The number of aryl methyl sites for hydroxylation is 1. The van der Waals surface area contributed by atoms with Crippen LogP contribution in [0.5, 0.6) is 0 Å². The molecule has 1 heterocycles. The smallest absolute Gasteiger partial charge is 0.240 e. The number of hydrogen-bond donors (Lipinski definition) is 0. The Bertz CT molecular complexity index is 1040. The SMILES string of the molecule is Cc1ccc(-c2cc(C(F)(F)F)c(C#N)c(SCc3ccccc3F)n2)cc1. The van der Waals surface area contributed by atoms with Crippen LogP contribution in [0.25, 0.3) is 11.3 Å². The summed E-state index contributed by atoms with van der Waals surface area (Å²) < 4.78 is 54.5. The van der Waals surface area contributed by atoms with Gasteiger partial charge >= 0.3 is 6.18 Å². The molecule has 0 saturated carbocycles. The highest BCUT2D eigenvalue weighted by atomic mass is 32.2. The summed E-state index contributed by atoms with van der Waals surface area (Å²) in [5.74, 6) is -0.401. The van der Waals surface area contributed by atoms with Gasteiger partial charge < -0.3 is 0 Å². The molecule has 0 atom stereocenters. The molecular weight excluding hydrogens is 388 g/mol. The van der Waals surface area contributed by atoms with Crippen LogP contribution in [0.2, 0.25) is 0 Å². The Labute approximate surface area is 163 Å². The minimum atomic E-state index is -4.71. The summed E-state index contributed by atoms with van der Waals surface area (Å²) in [6.07, 6.45) is -4.71. The summed E-state index contributed by atoms with van der Waals surface area (Å²) in [5, 5.41) is 9.26. The molecule has 2 nitrogen and oxygen atoms in total. The van der Waals surface area contributed by atoms with Crippen LogP contribution in [0.4, 0.5) is 17.6 Å². The fourth-order valence-electron chi connectivity index (χ4n) is 2.59. The molecule has 0 fully saturated rings. The molecule has 28 heavy (non-hydrogen) atoms. The predicted octanol–water partition coefficient (Wildman–Crippen LogP) is 6.38. The summed E-state index contributed by atoms with van der Waals surface area (Å²) >= 11 is 0.908. The van der Waals surface area contributed by atoms with E-state index in [1.807, 2.05) is 6.92 Å². The zero-order valence-electron chi connectivity index (χ0n) is 14.7. The molecule has 1 aromatic heterocycles. The number of nitrogens with zero attached hydrogens (tertiary/aromatic N) is 2. The number of alkyl halides is 3. The van der Waals surface area contributed by atoms with Crippen LogP contribution in [0, 0.1) is 24.1 Å². The molecule has 142 valence electrons. The van der Waals surface area contributed by atoms with Crippen LogP contribution in [-0.2, 0) is 11.9 Å². The van der Waals surface area contributed by atoms with Crippen LogP contribution in [-0.4, -0.2) is 4.98 Å². The Morgan fingerprint density at radius 3 is 2.36 bits per heavy atom. The zero-order valence-corrected chi connectivity index (χ0v) is 15.5. The Hall–Kier alpha value is -2.85. The van der Waals surface area contributed by atoms with E-state index in [1.165, 1.54) is 12.1 Å². The van der Waals surface area contributed by atoms with Gasteiger partial charge in [0.1, 0.15) is 16.9 Å². The van der Waals surface area contributed by atoms with Crippen molar-refractivity contribution in [3.05, 3.63) is 82.7 Å². The molecule has 3 aromatic rings. The van der Waals surface area contributed by atoms with E-state index in [0.29, 0.717) is 11.1 Å². The Morgan fingerprint density at radius 2 is 1.75 bits per heavy atom. The molecule has 7 heteroatoms. The fraction of sp³-hybridized carbons (Fsp3) is 0.143. The second-order valence-corrected chi connectivity index (χ2v) is 7.05. The normalized spacial score (nSPS) is 11.3. The Kier molecular flexibility index (Phi) is 5.71. The molecule has 0 aliphatic carbocycles. The van der Waals surface area contributed by atoms with Gasteiger partial charge in [-0.05, 0) is 24.6 Å². The van der Waals surface area contributed by atoms with E-state index in [-0.39, 0.29) is 16.5 Å². The minimum Gasteiger partial charge on any atom is -0.240 e. The number of pyridine rings is 1. The van der Waals surface area contributed by atoms with E-state index in [1.54, 1.807) is 42.5 Å². The van der Waals surface area contributed by atoms with Crippen molar-refractivity contribution in [2.24, 2.45) is 0 Å². The first kappa shape index (κ1) is 19.9. The van der Waals surface area contributed by atoms with Gasteiger partial charge in [0.05, 0.1) is 16.8 Å². The van der Waals surface area contributed by atoms with E-state index in [2.05, 4.69) is 4.98 Å². The number of rotatable bonds is 4. The van der Waals surface area contributed by atoms with Gasteiger partial charge in [0.2, 0.25) is 0 Å². The van der Waals surface area contributed by atoms with Crippen molar-refractivity contribution in [2.45, 2.75) is 23.9 Å². The van der Waals surface area contributed by atoms with Gasteiger partial charge in [-0.2, -0.15) is 18.4 Å². The Balaban J connectivity index is 2.08. The molecule has 2 aromatic carbocycles. The average Bonchev–Trinajstić information content (AvgIpc) is 2.66. The summed E-state index contributed by atoms with van der Waals surface area (Å²) in [6, 6.07) is 15.4. The maximum absolute atomic E-state index is 13.8. The number of halogens is 4. The van der Waals surface area contributed by atoms with Gasteiger partial charge in [-0.25, -0.2) is 9.37 Å². The number of benzene rings is 2. The topological polar surface area (TPSA) is 36.7 Å². The lowest BCUT2D eigenvalue weighted by atomic mass is 10.0. The van der Waals surface area contributed by atoms with E-state index < -0.39 is 23.1 Å². The van der Waals surface area contributed by atoms with Crippen molar-refractivity contribution in [2.75, 3.05) is 0 Å². The summed E-state index contributed by atoms with van der Waals surface area (Å²) in [5.41, 5.74) is 0.312. The lowest BCUT2D eigenvalue weighted by molar-refractivity contribution is -0.138. The second-order valence-electron chi connectivity index (χ2n) is 6.09. The van der Waals surface area contributed by atoms with Crippen molar-refractivity contribution in [3.63, 3.8) is 0 Å². The lowest BCUT2D eigenvalue weighted by Gasteiger charge is -2.14. The molecule has 3 rings (SSSR count). The molecule has 0 unspecified atom stereocenters. The van der Waals surface area contributed by atoms with Gasteiger partial charge in [-0.15, -0.1) is 11.8 Å². The molecule has 0 bridgehead atoms. The molecule has 0 aliphatic rings. The van der Waals surface area contributed by atoms with Crippen LogP contribution in [0.15, 0.2) is 59.6 Å². The molecule has 0 amide bonds. The first-order valence-electron chi connectivity index (χ1n) is 8.25. The highest BCUT2D eigenvalue weighted by Crippen LogP contribution is 2.38. The third kappa shape index (κ3) is 4.34. The van der Waals surface area contributed by atoms with Crippen molar-refractivity contribution < 1.29 is 17.6 Å². The molecule has 0 aliphatic heterocycles. The lowest BCUT2D eigenvalue weighted by Crippen LogP contribution is -2.10. The van der Waals surface area contributed by atoms with Crippen LogP contribution in [0.3, 0.4) is 0 Å². The Morgan fingerprint density at radius 1 is 1.07 bits per heavy atom. The maximum atomic E-state index is 13.8. The van der Waals surface area contributed by atoms with Gasteiger partial charge in [0.25, 0.3) is 0 Å². The number of aromatic nitrogens is 1. The summed E-state index contributed by atoms with van der Waals surface area (Å²) in [4.78, 5) is 4.28. The monoisotopic (exact) mass is 402 g/mol. The minimum absolute atomic E-state index is 0.0585. The number of nitriles is 1. The fourth-order valence-corrected chi connectivity index (χ4v) is 3.58. The van der Waals surface area contributed by atoms with Crippen LogP contribution in [0.1, 0.15) is 22.3 Å². The van der Waals surface area contributed by atoms with E-state index >= 15 is 0 Å². The van der Waals surface area contributed by atoms with Gasteiger partial charge in [0.15, 0.2) is 0 Å². The van der Waals surface area contributed by atoms with E-state index in [9.17, 15) is 22.8 Å². The zero-order chi connectivity index (χ0) is 20.3. The highest BCUT2D eigenvalue weighted by Gasteiger charge is 2.36. The molecule has 0 spiro atoms. The highest BCUT2D eigenvalue weighted by molar-refractivity contribution is 7.98. The van der Waals surface area contributed by atoms with Crippen molar-refractivity contribution in [3.8, 4) is 17.3 Å². The summed E-state index contributed by atoms with van der Waals surface area (Å²) in [7, 11) is 0. The van der Waals surface area contributed by atoms with E-state index in [4.69, 9.17) is 0 Å². The van der Waals surface area contributed by atoms with Crippen molar-refractivity contribution >= 4 is 11.8 Å². The van der Waals surface area contributed by atoms with Crippen LogP contribution >= 0.6 is 11.8 Å². The molecule has 0 saturated heterocycles. The quantitative estimate of drug-likeness (QED) is 0.375.